The topological polar surface area (TPSA) is 71.2 Å². The van der Waals surface area contributed by atoms with E-state index in [4.69, 9.17) is 28.4 Å². The lowest BCUT2D eigenvalue weighted by Gasteiger charge is -2.13. The Morgan fingerprint density at radius 1 is 0.560 bits per heavy atom. The predicted molar refractivity (Wildman–Crippen MR) is 95.1 cm³/mol. The Bertz CT molecular complexity index is 931. The second-order valence-electron chi connectivity index (χ2n) is 5.26. The molecular formula is C18H21NO6. The third kappa shape index (κ3) is 2.34. The van der Waals surface area contributed by atoms with Crippen molar-refractivity contribution in [1.29, 1.82) is 0 Å². The Balaban J connectivity index is 2.57. The fraction of sp³-hybridized carbons (Fsp3) is 0.333. The van der Waals surface area contributed by atoms with Gasteiger partial charge in [0.2, 0.25) is 5.75 Å². The van der Waals surface area contributed by atoms with Crippen LogP contribution < -0.4 is 28.4 Å². The molecule has 1 aromatic heterocycles. The number of aromatic nitrogens is 1. The number of hydrogen-bond donors (Lipinski definition) is 1. The Labute approximate surface area is 145 Å². The molecule has 0 atom stereocenters. The van der Waals surface area contributed by atoms with Gasteiger partial charge in [0, 0.05) is 11.5 Å². The number of hydrogen-bond acceptors (Lipinski definition) is 6. The number of ether oxygens (including phenoxy) is 6. The summed E-state index contributed by atoms with van der Waals surface area (Å²) in [4.78, 5) is 3.35. The molecule has 0 bridgehead atoms. The molecule has 0 spiro atoms. The van der Waals surface area contributed by atoms with E-state index in [0.717, 1.165) is 21.8 Å². The van der Waals surface area contributed by atoms with Gasteiger partial charge in [-0.3, -0.25) is 0 Å². The molecule has 134 valence electrons. The van der Waals surface area contributed by atoms with Gasteiger partial charge in [0.1, 0.15) is 5.75 Å². The molecule has 0 aliphatic rings. The summed E-state index contributed by atoms with van der Waals surface area (Å²) in [5.41, 5.74) is 1.52. The van der Waals surface area contributed by atoms with Crippen molar-refractivity contribution in [2.24, 2.45) is 0 Å². The summed E-state index contributed by atoms with van der Waals surface area (Å²) in [6.45, 7) is 0. The second kappa shape index (κ2) is 6.51. The number of rotatable bonds is 6. The molecule has 3 aromatic rings. The highest BCUT2D eigenvalue weighted by atomic mass is 16.5. The summed E-state index contributed by atoms with van der Waals surface area (Å²) in [7, 11) is 9.51. The van der Waals surface area contributed by atoms with Crippen LogP contribution in [-0.4, -0.2) is 47.6 Å². The van der Waals surface area contributed by atoms with Crippen molar-refractivity contribution in [3.63, 3.8) is 0 Å². The molecule has 1 heterocycles. The highest BCUT2D eigenvalue weighted by molar-refractivity contribution is 6.16. The average molecular weight is 347 g/mol. The van der Waals surface area contributed by atoms with Gasteiger partial charge >= 0.3 is 0 Å². The summed E-state index contributed by atoms with van der Waals surface area (Å²) in [5, 5.41) is 1.66. The van der Waals surface area contributed by atoms with Crippen molar-refractivity contribution in [1.82, 2.24) is 4.98 Å². The van der Waals surface area contributed by atoms with E-state index < -0.39 is 0 Å². The van der Waals surface area contributed by atoms with Crippen LogP contribution in [0, 0.1) is 0 Å². The molecule has 0 unspecified atom stereocenters. The SMILES string of the molecule is COc1cc2c([nH]c3c(OC)cc(OC)c(OC)c32)c(OC)c1OC. The molecule has 0 fully saturated rings. The second-order valence-corrected chi connectivity index (χ2v) is 5.26. The maximum absolute atomic E-state index is 5.61. The summed E-state index contributed by atoms with van der Waals surface area (Å²) < 4.78 is 33.1. The molecule has 0 radical (unpaired) electrons. The van der Waals surface area contributed by atoms with Gasteiger partial charge in [-0.15, -0.1) is 0 Å². The van der Waals surface area contributed by atoms with E-state index in [1.807, 2.05) is 6.07 Å². The molecule has 3 rings (SSSR count). The Hall–Kier alpha value is -2.96. The first-order valence-electron chi connectivity index (χ1n) is 7.58. The lowest BCUT2D eigenvalue weighted by atomic mass is 10.1. The fourth-order valence-electron chi connectivity index (χ4n) is 3.12. The van der Waals surface area contributed by atoms with Crippen LogP contribution >= 0.6 is 0 Å². The van der Waals surface area contributed by atoms with E-state index in [9.17, 15) is 0 Å². The standard InChI is InChI=1S/C18H21NO6/c1-20-10-8-12(22-3)16(23-4)13-9-7-11(21-2)17(24-5)18(25-6)14(9)19-15(10)13/h7-8,19H,1-6H3. The molecular weight excluding hydrogens is 326 g/mol. The molecule has 0 saturated heterocycles. The lowest BCUT2D eigenvalue weighted by Crippen LogP contribution is -1.95. The molecule has 7 heteroatoms. The first kappa shape index (κ1) is 16.9. The van der Waals surface area contributed by atoms with Crippen molar-refractivity contribution >= 4 is 21.8 Å². The number of fused-ring (bicyclic) bond motifs is 3. The van der Waals surface area contributed by atoms with Crippen molar-refractivity contribution in [3.8, 4) is 34.5 Å². The number of aromatic amines is 1. The van der Waals surface area contributed by atoms with E-state index >= 15 is 0 Å². The smallest absolute Gasteiger partial charge is 0.205 e. The molecule has 0 amide bonds. The highest BCUT2D eigenvalue weighted by Gasteiger charge is 2.24. The molecule has 2 aromatic carbocycles. The maximum atomic E-state index is 5.61. The van der Waals surface area contributed by atoms with Gasteiger partial charge in [-0.25, -0.2) is 0 Å². The van der Waals surface area contributed by atoms with Crippen LogP contribution in [-0.2, 0) is 0 Å². The first-order valence-corrected chi connectivity index (χ1v) is 7.58. The summed E-state index contributed by atoms with van der Waals surface area (Å²) in [6, 6.07) is 3.65. The Morgan fingerprint density at radius 3 is 1.64 bits per heavy atom. The molecule has 1 N–H and O–H groups in total. The third-order valence-corrected chi connectivity index (χ3v) is 4.20. The summed E-state index contributed by atoms with van der Waals surface area (Å²) in [6.07, 6.45) is 0. The molecule has 0 aliphatic carbocycles. The van der Waals surface area contributed by atoms with Gasteiger partial charge < -0.3 is 33.4 Å². The first-order chi connectivity index (χ1) is 12.1. The van der Waals surface area contributed by atoms with E-state index in [1.165, 1.54) is 0 Å². The Kier molecular flexibility index (Phi) is 4.39. The van der Waals surface area contributed by atoms with Crippen molar-refractivity contribution in [2.45, 2.75) is 0 Å². The van der Waals surface area contributed by atoms with E-state index in [0.29, 0.717) is 34.5 Å². The van der Waals surface area contributed by atoms with Crippen LogP contribution in [0.4, 0.5) is 0 Å². The monoisotopic (exact) mass is 347 g/mol. The minimum atomic E-state index is 0.508. The van der Waals surface area contributed by atoms with Crippen molar-refractivity contribution < 1.29 is 28.4 Å². The van der Waals surface area contributed by atoms with Gasteiger partial charge in [0.25, 0.3) is 0 Å². The van der Waals surface area contributed by atoms with Crippen LogP contribution in [0.3, 0.4) is 0 Å². The zero-order chi connectivity index (χ0) is 18.1. The lowest BCUT2D eigenvalue weighted by molar-refractivity contribution is 0.327. The van der Waals surface area contributed by atoms with Crippen molar-refractivity contribution in [3.05, 3.63) is 12.1 Å². The van der Waals surface area contributed by atoms with Gasteiger partial charge in [0.05, 0.1) is 59.1 Å². The molecule has 0 aliphatic heterocycles. The number of nitrogens with one attached hydrogen (secondary N) is 1. The van der Waals surface area contributed by atoms with Gasteiger partial charge in [-0.05, 0) is 6.07 Å². The fourth-order valence-corrected chi connectivity index (χ4v) is 3.12. The molecule has 7 nitrogen and oxygen atoms in total. The minimum absolute atomic E-state index is 0.508. The van der Waals surface area contributed by atoms with Crippen LogP contribution in [0.15, 0.2) is 12.1 Å². The van der Waals surface area contributed by atoms with E-state index in [1.54, 1.807) is 48.7 Å². The summed E-state index contributed by atoms with van der Waals surface area (Å²) in [5.74, 6) is 3.39. The quantitative estimate of drug-likeness (QED) is 0.737. The van der Waals surface area contributed by atoms with E-state index in [-0.39, 0.29) is 0 Å². The van der Waals surface area contributed by atoms with Crippen LogP contribution in [0.5, 0.6) is 34.5 Å². The minimum Gasteiger partial charge on any atom is -0.494 e. The Morgan fingerprint density at radius 2 is 1.12 bits per heavy atom. The van der Waals surface area contributed by atoms with E-state index in [2.05, 4.69) is 4.98 Å². The highest BCUT2D eigenvalue weighted by Crippen LogP contribution is 2.50. The van der Waals surface area contributed by atoms with Crippen LogP contribution in [0.1, 0.15) is 0 Å². The predicted octanol–water partition coefficient (Wildman–Crippen LogP) is 3.37. The molecule has 0 saturated carbocycles. The number of methoxy groups -OCH3 is 6. The zero-order valence-corrected chi connectivity index (χ0v) is 15.1. The third-order valence-electron chi connectivity index (χ3n) is 4.20. The van der Waals surface area contributed by atoms with Gasteiger partial charge in [-0.2, -0.15) is 0 Å². The van der Waals surface area contributed by atoms with Crippen LogP contribution in [0.2, 0.25) is 0 Å². The number of benzene rings is 2. The van der Waals surface area contributed by atoms with Crippen molar-refractivity contribution in [2.75, 3.05) is 42.7 Å². The zero-order valence-electron chi connectivity index (χ0n) is 15.1. The number of H-pyrrole nitrogens is 1. The molecule has 25 heavy (non-hydrogen) atoms. The maximum Gasteiger partial charge on any atom is 0.205 e. The average Bonchev–Trinajstić information content (AvgIpc) is 3.03. The van der Waals surface area contributed by atoms with Crippen LogP contribution in [0.25, 0.3) is 21.8 Å². The largest absolute Gasteiger partial charge is 0.494 e. The van der Waals surface area contributed by atoms with Gasteiger partial charge in [-0.1, -0.05) is 0 Å². The summed E-state index contributed by atoms with van der Waals surface area (Å²) >= 11 is 0. The van der Waals surface area contributed by atoms with Gasteiger partial charge in [0.15, 0.2) is 23.0 Å². The normalized spacial score (nSPS) is 10.8.